The summed E-state index contributed by atoms with van der Waals surface area (Å²) in [5.74, 6) is -1.45. The molecule has 2 aliphatic heterocycles. The van der Waals surface area contributed by atoms with E-state index < -0.39 is 27.7 Å². The van der Waals surface area contributed by atoms with Gasteiger partial charge in [-0.05, 0) is 63.2 Å². The average molecular weight is 607 g/mol. The fourth-order valence-electron chi connectivity index (χ4n) is 5.71. The summed E-state index contributed by atoms with van der Waals surface area (Å²) in [6.07, 6.45) is -2.86. The Kier molecular flexibility index (Phi) is 8.74. The van der Waals surface area contributed by atoms with E-state index in [0.717, 1.165) is 38.1 Å². The summed E-state index contributed by atoms with van der Waals surface area (Å²) in [7, 11) is -3.64. The van der Waals surface area contributed by atoms with Crippen LogP contribution in [0.5, 0.6) is 0 Å². The highest BCUT2D eigenvalue weighted by atomic mass is 32.2. The van der Waals surface area contributed by atoms with Gasteiger partial charge in [0.2, 0.25) is 10.0 Å². The molecule has 5 rings (SSSR count). The van der Waals surface area contributed by atoms with Crippen molar-refractivity contribution in [3.05, 3.63) is 59.2 Å². The number of anilines is 1. The maximum absolute atomic E-state index is 13.6. The molecule has 0 radical (unpaired) electrons. The Morgan fingerprint density at radius 1 is 1.10 bits per heavy atom. The minimum absolute atomic E-state index is 0.111. The molecule has 13 heteroatoms. The molecule has 9 nitrogen and oxygen atoms in total. The number of aromatic carboxylic acids is 1. The van der Waals surface area contributed by atoms with Crippen molar-refractivity contribution >= 4 is 32.6 Å². The Labute approximate surface area is 242 Å². The molecule has 2 aromatic carbocycles. The zero-order valence-corrected chi connectivity index (χ0v) is 24.0. The number of pyridine rings is 1. The molecule has 2 saturated heterocycles. The number of benzene rings is 2. The second-order valence-corrected chi connectivity index (χ2v) is 12.6. The maximum Gasteiger partial charge on any atom is 0.416 e. The first-order valence-corrected chi connectivity index (χ1v) is 15.5. The van der Waals surface area contributed by atoms with Crippen molar-refractivity contribution in [3.63, 3.8) is 0 Å². The Morgan fingerprint density at radius 3 is 2.45 bits per heavy atom. The zero-order chi connectivity index (χ0) is 30.1. The van der Waals surface area contributed by atoms with Gasteiger partial charge in [-0.25, -0.2) is 18.2 Å². The van der Waals surface area contributed by atoms with E-state index in [-0.39, 0.29) is 51.3 Å². The number of fused-ring (bicyclic) bond motifs is 1. The number of hydrogen-bond acceptors (Lipinski definition) is 7. The predicted octanol–water partition coefficient (Wildman–Crippen LogP) is 4.68. The monoisotopic (exact) mass is 606 g/mol. The Hall–Kier alpha value is -3.26. The molecular weight excluding hydrogens is 573 g/mol. The Bertz CT molecular complexity index is 1570. The number of morpholine rings is 1. The van der Waals surface area contributed by atoms with Crippen LogP contribution < -0.4 is 4.72 Å². The Morgan fingerprint density at radius 2 is 1.81 bits per heavy atom. The molecule has 2 fully saturated rings. The number of carboxylic acid groups (broad SMARTS) is 1. The van der Waals surface area contributed by atoms with Crippen molar-refractivity contribution in [1.82, 2.24) is 14.8 Å². The van der Waals surface area contributed by atoms with Gasteiger partial charge in [0.15, 0.2) is 0 Å². The highest BCUT2D eigenvalue weighted by molar-refractivity contribution is 7.92. The summed E-state index contributed by atoms with van der Waals surface area (Å²) in [6.45, 7) is 6.13. The quantitative estimate of drug-likeness (QED) is 0.381. The Balaban J connectivity index is 1.58. The first-order valence-electron chi connectivity index (χ1n) is 13.9. The number of sulfonamides is 1. The molecule has 2 N–H and O–H groups in total. The smallest absolute Gasteiger partial charge is 0.416 e. The van der Waals surface area contributed by atoms with Crippen molar-refractivity contribution in [2.45, 2.75) is 38.5 Å². The number of halogens is 3. The summed E-state index contributed by atoms with van der Waals surface area (Å²) in [5, 5.41) is 10.6. The van der Waals surface area contributed by atoms with Crippen LogP contribution in [-0.2, 0) is 27.5 Å². The average Bonchev–Trinajstić information content (AvgIpc) is 2.97. The van der Waals surface area contributed by atoms with E-state index in [4.69, 9.17) is 4.74 Å². The SMILES string of the molecule is CCS(=O)(=O)Nc1ccc2nc(-c3cccc(C(F)(F)F)c3)c(CN3CCC(N4CCOCC4)CC3)c(C(=O)O)c2c1. The first-order chi connectivity index (χ1) is 19.9. The van der Waals surface area contributed by atoms with Crippen molar-refractivity contribution < 1.29 is 36.2 Å². The van der Waals surface area contributed by atoms with E-state index in [9.17, 15) is 31.5 Å². The van der Waals surface area contributed by atoms with E-state index >= 15 is 0 Å². The van der Waals surface area contributed by atoms with Crippen LogP contribution in [0.2, 0.25) is 0 Å². The van der Waals surface area contributed by atoms with Gasteiger partial charge in [0.1, 0.15) is 0 Å². The molecule has 226 valence electrons. The largest absolute Gasteiger partial charge is 0.478 e. The fraction of sp³-hybridized carbons (Fsp3) is 0.448. The van der Waals surface area contributed by atoms with E-state index in [1.807, 2.05) is 0 Å². The van der Waals surface area contributed by atoms with Crippen LogP contribution in [0.3, 0.4) is 0 Å². The summed E-state index contributed by atoms with van der Waals surface area (Å²) < 4.78 is 73.2. The van der Waals surface area contributed by atoms with Crippen LogP contribution in [-0.4, -0.2) is 85.5 Å². The highest BCUT2D eigenvalue weighted by Gasteiger charge is 2.32. The lowest BCUT2D eigenvalue weighted by Gasteiger charge is -2.40. The molecule has 0 atom stereocenters. The summed E-state index contributed by atoms with van der Waals surface area (Å²) in [5.41, 5.74) is 0.0356. The lowest BCUT2D eigenvalue weighted by atomic mass is 9.94. The number of carboxylic acids is 1. The van der Waals surface area contributed by atoms with E-state index in [0.29, 0.717) is 32.3 Å². The summed E-state index contributed by atoms with van der Waals surface area (Å²) >= 11 is 0. The van der Waals surface area contributed by atoms with E-state index in [1.165, 1.54) is 37.3 Å². The zero-order valence-electron chi connectivity index (χ0n) is 23.2. The topological polar surface area (TPSA) is 112 Å². The van der Waals surface area contributed by atoms with Crippen molar-refractivity contribution in [3.8, 4) is 11.3 Å². The van der Waals surface area contributed by atoms with Crippen LogP contribution in [0.25, 0.3) is 22.2 Å². The lowest BCUT2D eigenvalue weighted by Crippen LogP contribution is -2.48. The third-order valence-electron chi connectivity index (χ3n) is 7.92. The molecule has 0 aliphatic carbocycles. The number of nitrogens with zero attached hydrogens (tertiary/aromatic N) is 3. The normalized spacial score (nSPS) is 17.9. The number of nitrogens with one attached hydrogen (secondary N) is 1. The first kappa shape index (κ1) is 30.2. The number of rotatable bonds is 8. The molecule has 2 aliphatic rings. The minimum Gasteiger partial charge on any atom is -0.478 e. The lowest BCUT2D eigenvalue weighted by molar-refractivity contribution is -0.137. The standard InChI is InChI=1S/C29H33F3N4O5S/c1-2-42(39,40)34-21-6-7-25-23(17-21)26(28(37)38)24(27(33-25)19-4-3-5-20(16-19)29(30,31)32)18-35-10-8-22(9-11-35)36-12-14-41-15-13-36/h3-7,16-17,22,34H,2,8-15,18H2,1H3,(H,37,38). The number of aromatic nitrogens is 1. The van der Waals surface area contributed by atoms with E-state index in [1.54, 1.807) is 0 Å². The molecule has 3 heterocycles. The van der Waals surface area contributed by atoms with Crippen LogP contribution >= 0.6 is 0 Å². The van der Waals surface area contributed by atoms with E-state index in [2.05, 4.69) is 19.5 Å². The molecule has 3 aromatic rings. The van der Waals surface area contributed by atoms with Gasteiger partial charge < -0.3 is 9.84 Å². The highest BCUT2D eigenvalue weighted by Crippen LogP contribution is 2.37. The number of ether oxygens (including phenoxy) is 1. The molecule has 0 amide bonds. The summed E-state index contributed by atoms with van der Waals surface area (Å²) in [6, 6.07) is 9.46. The number of carbonyl (C=O) groups is 1. The van der Waals surface area contributed by atoms with Gasteiger partial charge in [-0.2, -0.15) is 13.2 Å². The van der Waals surface area contributed by atoms with Crippen LogP contribution in [0.1, 0.15) is 41.3 Å². The van der Waals surface area contributed by atoms with Crippen molar-refractivity contribution in [2.24, 2.45) is 0 Å². The van der Waals surface area contributed by atoms with Gasteiger partial charge in [-0.1, -0.05) is 12.1 Å². The fourth-order valence-corrected chi connectivity index (χ4v) is 6.34. The molecule has 1 aromatic heterocycles. The van der Waals surface area contributed by atoms with Crippen molar-refractivity contribution in [1.29, 1.82) is 0 Å². The van der Waals surface area contributed by atoms with Crippen LogP contribution in [0, 0.1) is 0 Å². The number of alkyl halides is 3. The van der Waals surface area contributed by atoms with Gasteiger partial charge in [0, 0.05) is 47.9 Å². The second kappa shape index (κ2) is 12.2. The van der Waals surface area contributed by atoms with Gasteiger partial charge in [-0.15, -0.1) is 0 Å². The van der Waals surface area contributed by atoms with Gasteiger partial charge >= 0.3 is 12.1 Å². The molecule has 0 bridgehead atoms. The van der Waals surface area contributed by atoms with Crippen LogP contribution in [0.4, 0.5) is 18.9 Å². The molecule has 0 saturated carbocycles. The van der Waals surface area contributed by atoms with Gasteiger partial charge in [0.05, 0.1) is 41.3 Å². The third kappa shape index (κ3) is 6.69. The maximum atomic E-state index is 13.6. The van der Waals surface area contributed by atoms with Gasteiger partial charge in [0.25, 0.3) is 0 Å². The molecule has 0 spiro atoms. The van der Waals surface area contributed by atoms with Gasteiger partial charge in [-0.3, -0.25) is 14.5 Å². The number of hydrogen-bond donors (Lipinski definition) is 2. The second-order valence-electron chi connectivity index (χ2n) is 10.6. The van der Waals surface area contributed by atoms with Crippen molar-refractivity contribution in [2.75, 3.05) is 49.9 Å². The third-order valence-corrected chi connectivity index (χ3v) is 9.22. The molecule has 42 heavy (non-hydrogen) atoms. The number of piperidine rings is 1. The molecule has 0 unspecified atom stereocenters. The number of likely N-dealkylation sites (tertiary alicyclic amines) is 1. The summed E-state index contributed by atoms with van der Waals surface area (Å²) in [4.78, 5) is 22.0. The predicted molar refractivity (Wildman–Crippen MR) is 153 cm³/mol. The van der Waals surface area contributed by atoms with Crippen LogP contribution in [0.15, 0.2) is 42.5 Å². The molecular formula is C29H33F3N4O5S. The minimum atomic E-state index is -4.59.